The van der Waals surface area contributed by atoms with Gasteiger partial charge in [-0.2, -0.15) is 0 Å². The number of halogens is 4. The van der Waals surface area contributed by atoms with Crippen LogP contribution < -0.4 is 15.4 Å². The quantitative estimate of drug-likeness (QED) is 0.437. The van der Waals surface area contributed by atoms with Crippen LogP contribution in [0.5, 0.6) is 5.75 Å². The second-order valence-electron chi connectivity index (χ2n) is 5.64. The SMILES string of the molecule is Cl.Cl.OCCNCCCNCc1cc(Cl)ccc1OCc1ccccc1Cl. The van der Waals surface area contributed by atoms with E-state index in [4.69, 9.17) is 33.0 Å². The van der Waals surface area contributed by atoms with Crippen LogP contribution in [0.4, 0.5) is 0 Å². The summed E-state index contributed by atoms with van der Waals surface area (Å²) in [6.07, 6.45) is 0.983. The van der Waals surface area contributed by atoms with Gasteiger partial charge in [-0.1, -0.05) is 41.4 Å². The van der Waals surface area contributed by atoms with Crippen LogP contribution >= 0.6 is 48.0 Å². The summed E-state index contributed by atoms with van der Waals surface area (Å²) in [5.74, 6) is 0.801. The molecule has 0 radical (unpaired) electrons. The van der Waals surface area contributed by atoms with Gasteiger partial charge < -0.3 is 20.5 Å². The smallest absolute Gasteiger partial charge is 0.124 e. The highest BCUT2D eigenvalue weighted by molar-refractivity contribution is 6.31. The summed E-state index contributed by atoms with van der Waals surface area (Å²) in [6, 6.07) is 13.3. The molecule has 8 heteroatoms. The molecule has 0 saturated carbocycles. The zero-order chi connectivity index (χ0) is 17.9. The van der Waals surface area contributed by atoms with Crippen LogP contribution in [0.1, 0.15) is 17.5 Å². The second kappa shape index (κ2) is 15.2. The Morgan fingerprint density at radius 1 is 0.889 bits per heavy atom. The van der Waals surface area contributed by atoms with E-state index >= 15 is 0 Å². The van der Waals surface area contributed by atoms with Gasteiger partial charge in [-0.25, -0.2) is 0 Å². The molecule has 2 aromatic carbocycles. The fraction of sp³-hybridized carbons (Fsp3) is 0.368. The van der Waals surface area contributed by atoms with Crippen LogP contribution in [0.3, 0.4) is 0 Å². The van der Waals surface area contributed by atoms with Crippen LogP contribution in [0.15, 0.2) is 42.5 Å². The molecule has 27 heavy (non-hydrogen) atoms. The summed E-state index contributed by atoms with van der Waals surface area (Å²) in [4.78, 5) is 0. The lowest BCUT2D eigenvalue weighted by Gasteiger charge is -2.13. The van der Waals surface area contributed by atoms with Crippen molar-refractivity contribution in [3.05, 3.63) is 63.6 Å². The Hall–Kier alpha value is -0.720. The molecule has 0 saturated heterocycles. The Morgan fingerprint density at radius 2 is 1.63 bits per heavy atom. The van der Waals surface area contributed by atoms with Gasteiger partial charge in [0.15, 0.2) is 0 Å². The molecule has 0 bridgehead atoms. The van der Waals surface area contributed by atoms with Crippen molar-refractivity contribution in [1.82, 2.24) is 10.6 Å². The average Bonchev–Trinajstić information content (AvgIpc) is 2.61. The largest absolute Gasteiger partial charge is 0.489 e. The first-order valence-corrected chi connectivity index (χ1v) is 9.13. The number of benzene rings is 2. The molecule has 0 aromatic heterocycles. The third-order valence-electron chi connectivity index (χ3n) is 3.67. The molecule has 4 nitrogen and oxygen atoms in total. The molecule has 0 amide bonds. The van der Waals surface area contributed by atoms with Crippen molar-refractivity contribution in [1.29, 1.82) is 0 Å². The summed E-state index contributed by atoms with van der Waals surface area (Å²) in [5, 5.41) is 16.6. The van der Waals surface area contributed by atoms with Gasteiger partial charge in [0.2, 0.25) is 0 Å². The molecule has 2 aromatic rings. The van der Waals surface area contributed by atoms with E-state index < -0.39 is 0 Å². The Balaban J connectivity index is 0.00000338. The van der Waals surface area contributed by atoms with E-state index in [0.717, 1.165) is 36.4 Å². The average molecular weight is 456 g/mol. The molecule has 0 spiro atoms. The van der Waals surface area contributed by atoms with Crippen molar-refractivity contribution in [2.24, 2.45) is 0 Å². The molecule has 0 aliphatic heterocycles. The molecule has 0 fully saturated rings. The first-order valence-electron chi connectivity index (χ1n) is 8.37. The van der Waals surface area contributed by atoms with Crippen molar-refractivity contribution in [3.8, 4) is 5.75 Å². The van der Waals surface area contributed by atoms with E-state index in [-0.39, 0.29) is 31.4 Å². The van der Waals surface area contributed by atoms with Crippen LogP contribution in [-0.4, -0.2) is 31.3 Å². The van der Waals surface area contributed by atoms with E-state index in [1.807, 2.05) is 42.5 Å². The van der Waals surface area contributed by atoms with Gasteiger partial charge in [0.25, 0.3) is 0 Å². The highest BCUT2D eigenvalue weighted by atomic mass is 35.5. The lowest BCUT2D eigenvalue weighted by molar-refractivity contribution is 0.292. The lowest BCUT2D eigenvalue weighted by Crippen LogP contribution is -2.24. The minimum atomic E-state index is 0. The number of aliphatic hydroxyl groups excluding tert-OH is 1. The van der Waals surface area contributed by atoms with Gasteiger partial charge in [0.1, 0.15) is 12.4 Å². The van der Waals surface area contributed by atoms with Gasteiger partial charge in [-0.3, -0.25) is 0 Å². The van der Waals surface area contributed by atoms with E-state index in [1.165, 1.54) is 0 Å². The Morgan fingerprint density at radius 3 is 2.37 bits per heavy atom. The minimum absolute atomic E-state index is 0. The van der Waals surface area contributed by atoms with Crippen molar-refractivity contribution in [3.63, 3.8) is 0 Å². The van der Waals surface area contributed by atoms with E-state index in [1.54, 1.807) is 0 Å². The van der Waals surface area contributed by atoms with Crippen LogP contribution in [0.25, 0.3) is 0 Å². The molecule has 152 valence electrons. The van der Waals surface area contributed by atoms with E-state index in [9.17, 15) is 0 Å². The van der Waals surface area contributed by atoms with Crippen molar-refractivity contribution < 1.29 is 9.84 Å². The number of hydrogen-bond acceptors (Lipinski definition) is 4. The van der Waals surface area contributed by atoms with Crippen LogP contribution in [-0.2, 0) is 13.2 Å². The zero-order valence-electron chi connectivity index (χ0n) is 14.9. The Kier molecular flexibility index (Phi) is 14.8. The molecule has 3 N–H and O–H groups in total. The highest BCUT2D eigenvalue weighted by Crippen LogP contribution is 2.25. The van der Waals surface area contributed by atoms with Gasteiger partial charge in [-0.15, -0.1) is 24.8 Å². The molecule has 0 heterocycles. The number of nitrogens with one attached hydrogen (secondary N) is 2. The van der Waals surface area contributed by atoms with Gasteiger partial charge in [0, 0.05) is 34.3 Å². The van der Waals surface area contributed by atoms with E-state index in [0.29, 0.717) is 29.7 Å². The van der Waals surface area contributed by atoms with Crippen molar-refractivity contribution in [2.45, 2.75) is 19.6 Å². The normalized spacial score (nSPS) is 10.0. The summed E-state index contributed by atoms with van der Waals surface area (Å²) >= 11 is 12.3. The highest BCUT2D eigenvalue weighted by Gasteiger charge is 2.07. The Bertz CT molecular complexity index is 659. The molecular weight excluding hydrogens is 430 g/mol. The second-order valence-corrected chi connectivity index (χ2v) is 6.48. The molecule has 0 atom stereocenters. The molecule has 0 unspecified atom stereocenters. The zero-order valence-corrected chi connectivity index (χ0v) is 18.1. The summed E-state index contributed by atoms with van der Waals surface area (Å²) in [5.41, 5.74) is 1.97. The molecule has 0 aliphatic rings. The van der Waals surface area contributed by atoms with Crippen molar-refractivity contribution in [2.75, 3.05) is 26.2 Å². The Labute approximate surface area is 183 Å². The first-order chi connectivity index (χ1) is 12.2. The van der Waals surface area contributed by atoms with Crippen LogP contribution in [0, 0.1) is 0 Å². The summed E-state index contributed by atoms with van der Waals surface area (Å²) < 4.78 is 5.95. The fourth-order valence-electron chi connectivity index (χ4n) is 2.36. The molecule has 0 aliphatic carbocycles. The van der Waals surface area contributed by atoms with Crippen molar-refractivity contribution >= 4 is 48.0 Å². The summed E-state index contributed by atoms with van der Waals surface area (Å²) in [6.45, 7) is 3.64. The molecule has 2 rings (SSSR count). The fourth-order valence-corrected chi connectivity index (χ4v) is 2.75. The minimum Gasteiger partial charge on any atom is -0.489 e. The third-order valence-corrected chi connectivity index (χ3v) is 4.28. The number of aliphatic hydroxyl groups is 1. The van der Waals surface area contributed by atoms with Crippen LogP contribution in [0.2, 0.25) is 10.0 Å². The molecular formula is C19H26Cl4N2O2. The maximum Gasteiger partial charge on any atom is 0.124 e. The predicted octanol–water partition coefficient (Wildman–Crippen LogP) is 4.48. The first kappa shape index (κ1) is 26.3. The predicted molar refractivity (Wildman–Crippen MR) is 118 cm³/mol. The number of hydrogen-bond donors (Lipinski definition) is 3. The van der Waals surface area contributed by atoms with E-state index in [2.05, 4.69) is 10.6 Å². The lowest BCUT2D eigenvalue weighted by atomic mass is 10.2. The maximum absolute atomic E-state index is 8.71. The summed E-state index contributed by atoms with van der Waals surface area (Å²) in [7, 11) is 0. The monoisotopic (exact) mass is 454 g/mol. The van der Waals surface area contributed by atoms with Gasteiger partial charge >= 0.3 is 0 Å². The number of rotatable bonds is 11. The standard InChI is InChI=1S/C19H24Cl2N2O2.2ClH/c20-17-6-7-19(25-14-15-4-1-2-5-18(15)21)16(12-17)13-23-9-3-8-22-10-11-24;;/h1-2,4-7,12,22-24H,3,8-11,13-14H2;2*1H. The topological polar surface area (TPSA) is 53.5 Å². The maximum atomic E-state index is 8.71. The number of ether oxygens (including phenoxy) is 1. The van der Waals surface area contributed by atoms with Gasteiger partial charge in [-0.05, 0) is 43.8 Å². The third kappa shape index (κ3) is 9.86. The van der Waals surface area contributed by atoms with Gasteiger partial charge in [0.05, 0.1) is 6.61 Å².